The van der Waals surface area contributed by atoms with E-state index in [0.717, 1.165) is 16.5 Å². The van der Waals surface area contributed by atoms with E-state index >= 15 is 0 Å². The highest BCUT2D eigenvalue weighted by atomic mass is 16.5. The Morgan fingerprint density at radius 3 is 2.26 bits per heavy atom. The van der Waals surface area contributed by atoms with Gasteiger partial charge in [-0.3, -0.25) is 0 Å². The minimum absolute atomic E-state index is 0.377. The Labute approximate surface area is 136 Å². The van der Waals surface area contributed by atoms with Gasteiger partial charge in [-0.15, -0.1) is 0 Å². The maximum absolute atomic E-state index is 11.9. The molecule has 0 fully saturated rings. The van der Waals surface area contributed by atoms with Crippen molar-refractivity contribution in [3.05, 3.63) is 83.4 Å². The minimum Gasteiger partial charge on any atom is -0.423 e. The summed E-state index contributed by atoms with van der Waals surface area (Å²) in [7, 11) is 0. The van der Waals surface area contributed by atoms with E-state index in [4.69, 9.17) is 4.74 Å². The number of carbonyl (C=O) groups excluding carboxylic acids is 1. The molecule has 0 radical (unpaired) electrons. The third-order valence-electron chi connectivity index (χ3n) is 3.67. The first-order chi connectivity index (χ1) is 11.1. The van der Waals surface area contributed by atoms with E-state index in [1.165, 1.54) is 17.0 Å². The molecule has 0 aromatic heterocycles. The summed E-state index contributed by atoms with van der Waals surface area (Å²) in [4.78, 5) is 11.9. The van der Waals surface area contributed by atoms with E-state index in [1.807, 2.05) is 25.1 Å². The molecule has 0 unspecified atom stereocenters. The van der Waals surface area contributed by atoms with E-state index in [-0.39, 0.29) is 5.97 Å². The van der Waals surface area contributed by atoms with Gasteiger partial charge in [-0.25, -0.2) is 4.79 Å². The molecule has 0 heterocycles. The van der Waals surface area contributed by atoms with Gasteiger partial charge in [0.2, 0.25) is 0 Å². The third-order valence-corrected chi connectivity index (χ3v) is 3.67. The SMILES string of the molecule is Cc1ccc(OC(=O)C=Cc2ccc3cc(C)ccc3c2)cc1. The molecule has 0 saturated heterocycles. The number of hydrogen-bond donors (Lipinski definition) is 0. The quantitative estimate of drug-likeness (QED) is 0.383. The number of hydrogen-bond acceptors (Lipinski definition) is 2. The van der Waals surface area contributed by atoms with E-state index in [0.29, 0.717) is 5.75 Å². The van der Waals surface area contributed by atoms with Gasteiger partial charge < -0.3 is 4.74 Å². The zero-order valence-electron chi connectivity index (χ0n) is 13.2. The third kappa shape index (κ3) is 3.86. The van der Waals surface area contributed by atoms with Crippen molar-refractivity contribution in [2.24, 2.45) is 0 Å². The van der Waals surface area contributed by atoms with Crippen molar-refractivity contribution >= 4 is 22.8 Å². The minimum atomic E-state index is -0.377. The highest BCUT2D eigenvalue weighted by Crippen LogP contribution is 2.18. The van der Waals surface area contributed by atoms with Crippen molar-refractivity contribution in [2.45, 2.75) is 13.8 Å². The van der Waals surface area contributed by atoms with Crippen LogP contribution in [0.3, 0.4) is 0 Å². The summed E-state index contributed by atoms with van der Waals surface area (Å²) in [6, 6.07) is 19.9. The van der Waals surface area contributed by atoms with Crippen LogP contribution in [-0.4, -0.2) is 5.97 Å². The van der Waals surface area contributed by atoms with Crippen LogP contribution in [0.5, 0.6) is 5.75 Å². The fourth-order valence-corrected chi connectivity index (χ4v) is 2.41. The first kappa shape index (κ1) is 15.0. The summed E-state index contributed by atoms with van der Waals surface area (Å²) in [6.07, 6.45) is 3.23. The summed E-state index contributed by atoms with van der Waals surface area (Å²) < 4.78 is 5.27. The topological polar surface area (TPSA) is 26.3 Å². The normalized spacial score (nSPS) is 11.0. The lowest BCUT2D eigenvalue weighted by atomic mass is 10.0. The molecule has 3 aromatic rings. The van der Waals surface area contributed by atoms with Crippen molar-refractivity contribution < 1.29 is 9.53 Å². The van der Waals surface area contributed by atoms with E-state index < -0.39 is 0 Å². The number of benzene rings is 3. The second-order valence-electron chi connectivity index (χ2n) is 5.68. The van der Waals surface area contributed by atoms with Gasteiger partial charge in [0, 0.05) is 6.08 Å². The molecule has 0 amide bonds. The van der Waals surface area contributed by atoms with E-state index in [9.17, 15) is 4.79 Å². The maximum Gasteiger partial charge on any atom is 0.336 e. The fraction of sp³-hybridized carbons (Fsp3) is 0.0952. The summed E-state index contributed by atoms with van der Waals surface area (Å²) in [5.41, 5.74) is 3.34. The molecular weight excluding hydrogens is 284 g/mol. The van der Waals surface area contributed by atoms with Crippen molar-refractivity contribution in [2.75, 3.05) is 0 Å². The van der Waals surface area contributed by atoms with Gasteiger partial charge in [0.05, 0.1) is 0 Å². The monoisotopic (exact) mass is 302 g/mol. The number of carbonyl (C=O) groups is 1. The van der Waals surface area contributed by atoms with Crippen LogP contribution in [0.4, 0.5) is 0 Å². The van der Waals surface area contributed by atoms with Gasteiger partial charge in [0.15, 0.2) is 0 Å². The fourth-order valence-electron chi connectivity index (χ4n) is 2.41. The van der Waals surface area contributed by atoms with Crippen molar-refractivity contribution in [3.63, 3.8) is 0 Å². The van der Waals surface area contributed by atoms with Gasteiger partial charge in [0.25, 0.3) is 0 Å². The number of fused-ring (bicyclic) bond motifs is 1. The smallest absolute Gasteiger partial charge is 0.336 e. The van der Waals surface area contributed by atoms with Gasteiger partial charge in [-0.2, -0.15) is 0 Å². The van der Waals surface area contributed by atoms with E-state index in [2.05, 4.69) is 37.3 Å². The summed E-state index contributed by atoms with van der Waals surface area (Å²) >= 11 is 0. The van der Waals surface area contributed by atoms with Gasteiger partial charge in [-0.05, 0) is 54.5 Å². The average Bonchev–Trinajstić information content (AvgIpc) is 2.55. The molecule has 0 bridgehead atoms. The molecule has 0 spiro atoms. The Morgan fingerprint density at radius 2 is 1.48 bits per heavy atom. The predicted molar refractivity (Wildman–Crippen MR) is 94.5 cm³/mol. The van der Waals surface area contributed by atoms with Crippen LogP contribution in [0.15, 0.2) is 66.7 Å². The molecule has 23 heavy (non-hydrogen) atoms. The molecule has 0 aliphatic carbocycles. The first-order valence-corrected chi connectivity index (χ1v) is 7.57. The summed E-state index contributed by atoms with van der Waals surface area (Å²) in [5, 5.41) is 2.36. The van der Waals surface area contributed by atoms with Crippen LogP contribution in [-0.2, 0) is 4.79 Å². The molecule has 2 heteroatoms. The largest absolute Gasteiger partial charge is 0.423 e. The van der Waals surface area contributed by atoms with Crippen LogP contribution in [0, 0.1) is 13.8 Å². The van der Waals surface area contributed by atoms with Gasteiger partial charge in [0.1, 0.15) is 5.75 Å². The molecule has 0 atom stereocenters. The van der Waals surface area contributed by atoms with Gasteiger partial charge in [-0.1, -0.05) is 53.6 Å². The van der Waals surface area contributed by atoms with Crippen molar-refractivity contribution in [1.82, 2.24) is 0 Å². The highest BCUT2D eigenvalue weighted by molar-refractivity contribution is 5.90. The maximum atomic E-state index is 11.9. The predicted octanol–water partition coefficient (Wildman–Crippen LogP) is 5.08. The molecule has 0 aliphatic heterocycles. The first-order valence-electron chi connectivity index (χ1n) is 7.57. The average molecular weight is 302 g/mol. The zero-order chi connectivity index (χ0) is 16.2. The Kier molecular flexibility index (Phi) is 4.24. The van der Waals surface area contributed by atoms with Crippen molar-refractivity contribution in [1.29, 1.82) is 0 Å². The van der Waals surface area contributed by atoms with Crippen LogP contribution < -0.4 is 4.74 Å². The second kappa shape index (κ2) is 6.49. The molecular formula is C21H18O2. The van der Waals surface area contributed by atoms with Crippen LogP contribution >= 0.6 is 0 Å². The molecule has 2 nitrogen and oxygen atoms in total. The number of esters is 1. The zero-order valence-corrected chi connectivity index (χ0v) is 13.2. The molecule has 0 aliphatic rings. The highest BCUT2D eigenvalue weighted by Gasteiger charge is 2.00. The van der Waals surface area contributed by atoms with Crippen LogP contribution in [0.1, 0.15) is 16.7 Å². The number of rotatable bonds is 3. The second-order valence-corrected chi connectivity index (χ2v) is 5.68. The molecule has 0 saturated carbocycles. The lowest BCUT2D eigenvalue weighted by Crippen LogP contribution is -2.03. The Hall–Kier alpha value is -2.87. The lowest BCUT2D eigenvalue weighted by Gasteiger charge is -2.02. The lowest BCUT2D eigenvalue weighted by molar-refractivity contribution is -0.128. The van der Waals surface area contributed by atoms with Crippen LogP contribution in [0.25, 0.3) is 16.8 Å². The molecule has 3 rings (SSSR count). The van der Waals surface area contributed by atoms with Crippen molar-refractivity contribution in [3.8, 4) is 5.75 Å². The molecule has 114 valence electrons. The standard InChI is InChI=1S/C21H18O2/c1-15-4-10-20(11-5-15)23-21(22)12-7-17-6-9-18-13-16(2)3-8-19(18)14-17/h3-14H,1-2H3. The van der Waals surface area contributed by atoms with E-state index in [1.54, 1.807) is 18.2 Å². The number of aryl methyl sites for hydroxylation is 2. The molecule has 0 N–H and O–H groups in total. The number of ether oxygens (including phenoxy) is 1. The summed E-state index contributed by atoms with van der Waals surface area (Å²) in [6.45, 7) is 4.07. The summed E-state index contributed by atoms with van der Waals surface area (Å²) in [5.74, 6) is 0.178. The molecule has 3 aromatic carbocycles. The van der Waals surface area contributed by atoms with Gasteiger partial charge >= 0.3 is 5.97 Å². The Morgan fingerprint density at radius 1 is 0.826 bits per heavy atom. The Bertz CT molecular complexity index is 874. The van der Waals surface area contributed by atoms with Crippen LogP contribution in [0.2, 0.25) is 0 Å². The Balaban J connectivity index is 1.72.